The van der Waals surface area contributed by atoms with E-state index < -0.39 is 11.9 Å². The molecule has 0 spiro atoms. The maximum absolute atomic E-state index is 11.6. The van der Waals surface area contributed by atoms with Gasteiger partial charge >= 0.3 is 5.97 Å². The Morgan fingerprint density at radius 3 is 2.68 bits per heavy atom. The minimum absolute atomic E-state index is 0.320. The Hall–Kier alpha value is -2.30. The highest BCUT2D eigenvalue weighted by atomic mass is 16.5. The lowest BCUT2D eigenvalue weighted by Gasteiger charge is -2.07. The molecule has 5 nitrogen and oxygen atoms in total. The van der Waals surface area contributed by atoms with Gasteiger partial charge < -0.3 is 14.8 Å². The Morgan fingerprint density at radius 2 is 2.05 bits per heavy atom. The Kier molecular flexibility index (Phi) is 5.60. The van der Waals surface area contributed by atoms with E-state index in [2.05, 4.69) is 5.32 Å². The van der Waals surface area contributed by atoms with E-state index >= 15 is 0 Å². The number of carbonyl (C=O) groups is 2. The second-order valence-corrected chi connectivity index (χ2v) is 4.11. The minimum atomic E-state index is -0.527. The van der Waals surface area contributed by atoms with Crippen LogP contribution in [-0.2, 0) is 14.3 Å². The summed E-state index contributed by atoms with van der Waals surface area (Å²) < 4.78 is 9.82. The molecule has 1 aromatic carbocycles. The molecular formula is C14H17NO4. The maximum Gasteiger partial charge on any atom is 0.331 e. The van der Waals surface area contributed by atoms with E-state index in [1.807, 2.05) is 0 Å². The average Bonchev–Trinajstić information content (AvgIpc) is 2.36. The van der Waals surface area contributed by atoms with Crippen LogP contribution < -0.4 is 10.1 Å². The van der Waals surface area contributed by atoms with E-state index in [0.29, 0.717) is 11.4 Å². The van der Waals surface area contributed by atoms with E-state index in [4.69, 9.17) is 9.47 Å². The zero-order valence-corrected chi connectivity index (χ0v) is 11.2. The van der Waals surface area contributed by atoms with Gasteiger partial charge in [-0.2, -0.15) is 0 Å². The van der Waals surface area contributed by atoms with Crippen molar-refractivity contribution in [1.82, 2.24) is 0 Å². The molecule has 0 aromatic heterocycles. The number of benzene rings is 1. The van der Waals surface area contributed by atoms with Crippen LogP contribution in [0.4, 0.5) is 5.69 Å². The molecule has 0 aliphatic heterocycles. The molecule has 19 heavy (non-hydrogen) atoms. The Balaban J connectivity index is 2.47. The van der Waals surface area contributed by atoms with Crippen LogP contribution >= 0.6 is 0 Å². The van der Waals surface area contributed by atoms with Crippen LogP contribution in [0.5, 0.6) is 5.75 Å². The van der Waals surface area contributed by atoms with Gasteiger partial charge in [-0.05, 0) is 26.0 Å². The summed E-state index contributed by atoms with van der Waals surface area (Å²) in [5.74, 6) is -0.288. The van der Waals surface area contributed by atoms with Crippen molar-refractivity contribution in [2.75, 3.05) is 19.0 Å². The second kappa shape index (κ2) is 7.20. The smallest absolute Gasteiger partial charge is 0.331 e. The van der Waals surface area contributed by atoms with Crippen LogP contribution in [0.3, 0.4) is 0 Å². The van der Waals surface area contributed by atoms with Crippen molar-refractivity contribution < 1.29 is 19.1 Å². The first-order chi connectivity index (χ1) is 9.01. The number of esters is 1. The molecule has 0 saturated carbocycles. The lowest BCUT2D eigenvalue weighted by atomic mass is 10.3. The van der Waals surface area contributed by atoms with Crippen molar-refractivity contribution >= 4 is 17.6 Å². The number of allylic oxidation sites excluding steroid dienone is 1. The molecule has 0 heterocycles. The van der Waals surface area contributed by atoms with Crippen molar-refractivity contribution in [3.05, 3.63) is 35.9 Å². The summed E-state index contributed by atoms with van der Waals surface area (Å²) in [7, 11) is 1.54. The molecule has 0 bridgehead atoms. The largest absolute Gasteiger partial charge is 0.497 e. The van der Waals surface area contributed by atoms with Crippen LogP contribution in [0.1, 0.15) is 13.8 Å². The molecule has 0 atom stereocenters. The van der Waals surface area contributed by atoms with Gasteiger partial charge in [0.1, 0.15) is 5.75 Å². The van der Waals surface area contributed by atoms with E-state index in [1.165, 1.54) is 6.08 Å². The fraction of sp³-hybridized carbons (Fsp3) is 0.286. The van der Waals surface area contributed by atoms with Crippen LogP contribution in [0, 0.1) is 0 Å². The van der Waals surface area contributed by atoms with Gasteiger partial charge in [-0.3, -0.25) is 4.79 Å². The van der Waals surface area contributed by atoms with Crippen molar-refractivity contribution in [3.8, 4) is 5.75 Å². The highest BCUT2D eigenvalue weighted by Crippen LogP contribution is 2.16. The number of hydrogen-bond acceptors (Lipinski definition) is 4. The van der Waals surface area contributed by atoms with E-state index in [9.17, 15) is 9.59 Å². The molecule has 102 valence electrons. The number of nitrogens with one attached hydrogen (secondary N) is 1. The molecule has 0 radical (unpaired) electrons. The average molecular weight is 263 g/mol. The molecule has 0 unspecified atom stereocenters. The monoisotopic (exact) mass is 263 g/mol. The highest BCUT2D eigenvalue weighted by Gasteiger charge is 2.06. The topological polar surface area (TPSA) is 64.6 Å². The van der Waals surface area contributed by atoms with Crippen LogP contribution in [0.2, 0.25) is 0 Å². The van der Waals surface area contributed by atoms with E-state index in [0.717, 1.165) is 5.57 Å². The SMILES string of the molecule is COc1cccc(NC(=O)COC(=O)C=C(C)C)c1. The molecule has 1 N–H and O–H groups in total. The molecule has 0 aliphatic carbocycles. The molecule has 0 fully saturated rings. The van der Waals surface area contributed by atoms with Gasteiger partial charge in [-0.25, -0.2) is 4.79 Å². The van der Waals surface area contributed by atoms with Crippen molar-refractivity contribution in [1.29, 1.82) is 0 Å². The fourth-order valence-electron chi connectivity index (χ4n) is 1.31. The fourth-order valence-corrected chi connectivity index (χ4v) is 1.31. The zero-order chi connectivity index (χ0) is 14.3. The summed E-state index contributed by atoms with van der Waals surface area (Å²) in [6.45, 7) is 3.23. The number of ether oxygens (including phenoxy) is 2. The number of methoxy groups -OCH3 is 1. The predicted octanol–water partition coefficient (Wildman–Crippen LogP) is 2.14. The van der Waals surface area contributed by atoms with Gasteiger partial charge in [0.2, 0.25) is 0 Å². The first-order valence-corrected chi connectivity index (χ1v) is 5.77. The number of anilines is 1. The minimum Gasteiger partial charge on any atom is -0.497 e. The van der Waals surface area contributed by atoms with Crippen LogP contribution in [0.15, 0.2) is 35.9 Å². The summed E-state index contributed by atoms with van der Waals surface area (Å²) >= 11 is 0. The summed E-state index contributed by atoms with van der Waals surface area (Å²) in [6.07, 6.45) is 1.33. The van der Waals surface area contributed by atoms with Gasteiger partial charge in [0.05, 0.1) is 7.11 Å². The van der Waals surface area contributed by atoms with Gasteiger partial charge in [0.15, 0.2) is 6.61 Å². The summed E-state index contributed by atoms with van der Waals surface area (Å²) in [4.78, 5) is 22.8. The Bertz CT molecular complexity index is 490. The second-order valence-electron chi connectivity index (χ2n) is 4.11. The van der Waals surface area contributed by atoms with Crippen molar-refractivity contribution in [2.24, 2.45) is 0 Å². The highest BCUT2D eigenvalue weighted by molar-refractivity contribution is 5.94. The normalized spacial score (nSPS) is 9.42. The first kappa shape index (κ1) is 14.8. The molecule has 1 amide bonds. The number of amides is 1. The summed E-state index contributed by atoms with van der Waals surface area (Å²) in [5, 5.41) is 2.61. The zero-order valence-electron chi connectivity index (χ0n) is 11.2. The standard InChI is InChI=1S/C14H17NO4/c1-10(2)7-14(17)19-9-13(16)15-11-5-4-6-12(8-11)18-3/h4-8H,9H2,1-3H3,(H,15,16). The first-order valence-electron chi connectivity index (χ1n) is 5.77. The quantitative estimate of drug-likeness (QED) is 0.653. The van der Waals surface area contributed by atoms with Gasteiger partial charge in [-0.1, -0.05) is 11.6 Å². The summed E-state index contributed by atoms with van der Waals surface area (Å²) in [5.41, 5.74) is 1.40. The number of hydrogen-bond donors (Lipinski definition) is 1. The Morgan fingerprint density at radius 1 is 1.32 bits per heavy atom. The molecule has 0 saturated heterocycles. The molecule has 1 rings (SSSR count). The van der Waals surface area contributed by atoms with Crippen LogP contribution in [-0.4, -0.2) is 25.6 Å². The third kappa shape index (κ3) is 5.72. The summed E-state index contributed by atoms with van der Waals surface area (Å²) in [6, 6.07) is 6.92. The van der Waals surface area contributed by atoms with E-state index in [1.54, 1.807) is 45.2 Å². The lowest BCUT2D eigenvalue weighted by molar-refractivity contribution is -0.142. The molecular weight excluding hydrogens is 246 g/mol. The molecule has 5 heteroatoms. The van der Waals surface area contributed by atoms with Gasteiger partial charge in [-0.15, -0.1) is 0 Å². The Labute approximate surface area is 112 Å². The van der Waals surface area contributed by atoms with Crippen LogP contribution in [0.25, 0.3) is 0 Å². The third-order valence-corrected chi connectivity index (χ3v) is 2.11. The maximum atomic E-state index is 11.6. The van der Waals surface area contributed by atoms with Gasteiger partial charge in [0, 0.05) is 17.8 Å². The molecule has 0 aliphatic rings. The van der Waals surface area contributed by atoms with Crippen molar-refractivity contribution in [3.63, 3.8) is 0 Å². The third-order valence-electron chi connectivity index (χ3n) is 2.11. The molecule has 1 aromatic rings. The van der Waals surface area contributed by atoms with Crippen molar-refractivity contribution in [2.45, 2.75) is 13.8 Å². The van der Waals surface area contributed by atoms with Gasteiger partial charge in [0.25, 0.3) is 5.91 Å². The predicted molar refractivity (Wildman–Crippen MR) is 72.0 cm³/mol. The number of carbonyl (C=O) groups excluding carboxylic acids is 2. The number of rotatable bonds is 5. The lowest BCUT2D eigenvalue weighted by Crippen LogP contribution is -2.20. The van der Waals surface area contributed by atoms with E-state index in [-0.39, 0.29) is 6.61 Å².